The molecule has 27 heavy (non-hydrogen) atoms. The van der Waals surface area contributed by atoms with Gasteiger partial charge in [-0.25, -0.2) is 9.18 Å². The van der Waals surface area contributed by atoms with E-state index in [4.69, 9.17) is 11.6 Å². The molecule has 1 heterocycles. The van der Waals surface area contributed by atoms with E-state index in [0.717, 1.165) is 4.90 Å². The molecule has 8 heteroatoms. The molecule has 0 unspecified atom stereocenters. The maximum atomic E-state index is 13.6. The largest absolute Gasteiger partial charge is 0.325 e. The van der Waals surface area contributed by atoms with Crippen LogP contribution in [0.2, 0.25) is 5.02 Å². The minimum absolute atomic E-state index is 0.240. The molecule has 1 aliphatic rings. The SMILES string of the molecule is Cc1ccc(NC(=O)CN2C(=O)N[C@](C)(c3ccccc3Cl)C2=O)cc1F. The first kappa shape index (κ1) is 18.8. The number of halogens is 2. The third-order valence-electron chi connectivity index (χ3n) is 4.44. The van der Waals surface area contributed by atoms with Crippen LogP contribution in [0, 0.1) is 12.7 Å². The Balaban J connectivity index is 1.76. The van der Waals surface area contributed by atoms with Crippen LogP contribution in [0.25, 0.3) is 0 Å². The van der Waals surface area contributed by atoms with Crippen molar-refractivity contribution in [2.45, 2.75) is 19.4 Å². The molecular formula is C19H17ClFN3O3. The fourth-order valence-electron chi connectivity index (χ4n) is 2.90. The van der Waals surface area contributed by atoms with Gasteiger partial charge >= 0.3 is 6.03 Å². The van der Waals surface area contributed by atoms with E-state index < -0.39 is 35.7 Å². The molecule has 0 bridgehead atoms. The zero-order valence-corrected chi connectivity index (χ0v) is 15.4. The minimum atomic E-state index is -1.37. The van der Waals surface area contributed by atoms with Crippen LogP contribution in [0.5, 0.6) is 0 Å². The van der Waals surface area contributed by atoms with Crippen molar-refractivity contribution in [1.29, 1.82) is 0 Å². The van der Waals surface area contributed by atoms with Gasteiger partial charge in [-0.1, -0.05) is 35.9 Å². The van der Waals surface area contributed by atoms with Crippen LogP contribution in [0.3, 0.4) is 0 Å². The summed E-state index contributed by atoms with van der Waals surface area (Å²) in [6.07, 6.45) is 0. The van der Waals surface area contributed by atoms with Gasteiger partial charge in [-0.3, -0.25) is 14.5 Å². The second kappa shape index (κ2) is 7.00. The quantitative estimate of drug-likeness (QED) is 0.788. The second-order valence-electron chi connectivity index (χ2n) is 6.44. The van der Waals surface area contributed by atoms with Crippen LogP contribution in [0.4, 0.5) is 14.9 Å². The molecule has 1 fully saturated rings. The van der Waals surface area contributed by atoms with Gasteiger partial charge in [0.15, 0.2) is 0 Å². The molecule has 140 valence electrons. The number of imide groups is 1. The number of hydrogen-bond acceptors (Lipinski definition) is 3. The van der Waals surface area contributed by atoms with Crippen molar-refractivity contribution < 1.29 is 18.8 Å². The van der Waals surface area contributed by atoms with Crippen LogP contribution in [0.15, 0.2) is 42.5 Å². The smallest absolute Gasteiger partial charge is 0.324 e. The summed E-state index contributed by atoms with van der Waals surface area (Å²) in [5.74, 6) is -1.68. The van der Waals surface area contributed by atoms with E-state index in [9.17, 15) is 18.8 Å². The number of nitrogens with one attached hydrogen (secondary N) is 2. The molecule has 0 aromatic heterocycles. The topological polar surface area (TPSA) is 78.5 Å². The highest BCUT2D eigenvalue weighted by Crippen LogP contribution is 2.33. The summed E-state index contributed by atoms with van der Waals surface area (Å²) in [6, 6.07) is 10.2. The standard InChI is InChI=1S/C19H17ClFN3O3/c1-11-7-8-12(9-15(11)21)22-16(25)10-24-17(26)19(2,23-18(24)27)13-5-3-4-6-14(13)20/h3-9H,10H2,1-2H3,(H,22,25)(H,23,27)/t19-/m1/s1. The average molecular weight is 390 g/mol. The summed E-state index contributed by atoms with van der Waals surface area (Å²) < 4.78 is 13.6. The molecule has 0 spiro atoms. The zero-order valence-electron chi connectivity index (χ0n) is 14.7. The molecule has 6 nitrogen and oxygen atoms in total. The van der Waals surface area contributed by atoms with Crippen molar-refractivity contribution in [3.8, 4) is 0 Å². The van der Waals surface area contributed by atoms with E-state index in [2.05, 4.69) is 10.6 Å². The number of aryl methyl sites for hydroxylation is 1. The van der Waals surface area contributed by atoms with Crippen LogP contribution < -0.4 is 10.6 Å². The minimum Gasteiger partial charge on any atom is -0.324 e. The number of carbonyl (C=O) groups excluding carboxylic acids is 3. The lowest BCUT2D eigenvalue weighted by Crippen LogP contribution is -2.42. The normalized spacial score (nSPS) is 19.2. The number of carbonyl (C=O) groups is 3. The Hall–Kier alpha value is -2.93. The van der Waals surface area contributed by atoms with E-state index >= 15 is 0 Å². The summed E-state index contributed by atoms with van der Waals surface area (Å²) in [6.45, 7) is 2.63. The third-order valence-corrected chi connectivity index (χ3v) is 4.77. The molecular weight excluding hydrogens is 373 g/mol. The van der Waals surface area contributed by atoms with Crippen LogP contribution in [0.1, 0.15) is 18.1 Å². The van der Waals surface area contributed by atoms with E-state index in [0.29, 0.717) is 16.1 Å². The first-order valence-corrected chi connectivity index (χ1v) is 8.55. The monoisotopic (exact) mass is 389 g/mol. The van der Waals surface area contributed by atoms with Crippen molar-refractivity contribution in [2.24, 2.45) is 0 Å². The van der Waals surface area contributed by atoms with Crippen molar-refractivity contribution in [3.05, 3.63) is 64.4 Å². The maximum absolute atomic E-state index is 13.6. The first-order chi connectivity index (χ1) is 12.7. The van der Waals surface area contributed by atoms with E-state index in [-0.39, 0.29) is 5.69 Å². The second-order valence-corrected chi connectivity index (χ2v) is 6.85. The van der Waals surface area contributed by atoms with Gasteiger partial charge in [0.1, 0.15) is 17.9 Å². The van der Waals surface area contributed by atoms with Gasteiger partial charge in [0, 0.05) is 16.3 Å². The van der Waals surface area contributed by atoms with Crippen LogP contribution in [-0.4, -0.2) is 29.3 Å². The summed E-state index contributed by atoms with van der Waals surface area (Å²) in [5.41, 5.74) is -0.249. The van der Waals surface area contributed by atoms with Gasteiger partial charge in [-0.15, -0.1) is 0 Å². The molecule has 0 saturated carbocycles. The van der Waals surface area contributed by atoms with Crippen molar-refractivity contribution in [1.82, 2.24) is 10.2 Å². The number of anilines is 1. The predicted molar refractivity (Wildman–Crippen MR) is 98.8 cm³/mol. The Morgan fingerprint density at radius 2 is 1.96 bits per heavy atom. The number of amides is 4. The van der Waals surface area contributed by atoms with Gasteiger partial charge in [-0.2, -0.15) is 0 Å². The molecule has 1 saturated heterocycles. The molecule has 0 aliphatic carbocycles. The molecule has 2 N–H and O–H groups in total. The van der Waals surface area contributed by atoms with Crippen molar-refractivity contribution in [2.75, 3.05) is 11.9 Å². The summed E-state index contributed by atoms with van der Waals surface area (Å²) in [4.78, 5) is 38.1. The van der Waals surface area contributed by atoms with Gasteiger partial charge in [0.2, 0.25) is 5.91 Å². The Morgan fingerprint density at radius 1 is 1.26 bits per heavy atom. The molecule has 4 amide bonds. The van der Waals surface area contributed by atoms with Crippen LogP contribution in [-0.2, 0) is 15.1 Å². The fraction of sp³-hybridized carbons (Fsp3) is 0.211. The van der Waals surface area contributed by atoms with Gasteiger partial charge in [0.25, 0.3) is 5.91 Å². The summed E-state index contributed by atoms with van der Waals surface area (Å²) in [7, 11) is 0. The lowest BCUT2D eigenvalue weighted by Gasteiger charge is -2.23. The maximum Gasteiger partial charge on any atom is 0.325 e. The molecule has 1 atom stereocenters. The van der Waals surface area contributed by atoms with Gasteiger partial charge in [0.05, 0.1) is 0 Å². The lowest BCUT2D eigenvalue weighted by atomic mass is 9.92. The molecule has 2 aromatic rings. The van der Waals surface area contributed by atoms with E-state index in [1.165, 1.54) is 25.1 Å². The summed E-state index contributed by atoms with van der Waals surface area (Å²) >= 11 is 6.16. The Kier molecular flexibility index (Phi) is 4.89. The molecule has 1 aliphatic heterocycles. The fourth-order valence-corrected chi connectivity index (χ4v) is 3.23. The van der Waals surface area contributed by atoms with Gasteiger partial charge < -0.3 is 10.6 Å². The molecule has 3 rings (SSSR count). The van der Waals surface area contributed by atoms with Crippen LogP contribution >= 0.6 is 11.6 Å². The van der Waals surface area contributed by atoms with Gasteiger partial charge in [-0.05, 0) is 37.6 Å². The van der Waals surface area contributed by atoms with Crippen molar-refractivity contribution >= 4 is 35.1 Å². The highest BCUT2D eigenvalue weighted by molar-refractivity contribution is 6.32. The summed E-state index contributed by atoms with van der Waals surface area (Å²) in [5, 5.41) is 5.39. The predicted octanol–water partition coefficient (Wildman–Crippen LogP) is 3.19. The Morgan fingerprint density at radius 3 is 2.63 bits per heavy atom. The van der Waals surface area contributed by atoms with E-state index in [1.54, 1.807) is 31.2 Å². The average Bonchev–Trinajstić information content (AvgIpc) is 2.82. The Bertz CT molecular complexity index is 950. The van der Waals surface area contributed by atoms with Crippen molar-refractivity contribution in [3.63, 3.8) is 0 Å². The number of hydrogen-bond donors (Lipinski definition) is 2. The highest BCUT2D eigenvalue weighted by atomic mass is 35.5. The lowest BCUT2D eigenvalue weighted by molar-refractivity contribution is -0.133. The number of benzene rings is 2. The molecule has 0 radical (unpaired) electrons. The number of nitrogens with zero attached hydrogens (tertiary/aromatic N) is 1. The number of rotatable bonds is 4. The third kappa shape index (κ3) is 3.50. The van der Waals surface area contributed by atoms with E-state index in [1.807, 2.05) is 0 Å². The molecule has 2 aromatic carbocycles. The zero-order chi connectivity index (χ0) is 19.8. The number of urea groups is 1. The first-order valence-electron chi connectivity index (χ1n) is 8.17. The Labute approximate surface area is 160 Å². The highest BCUT2D eigenvalue weighted by Gasteiger charge is 2.50.